The van der Waals surface area contributed by atoms with Crippen LogP contribution in [0.25, 0.3) is 33.4 Å². The van der Waals surface area contributed by atoms with E-state index in [0.717, 1.165) is 72.5 Å². The molecule has 6 aromatic rings. The van der Waals surface area contributed by atoms with Crippen molar-refractivity contribution in [3.05, 3.63) is 158 Å². The monoisotopic (exact) mass is 1030 g/mol. The molecule has 398 valence electrons. The summed E-state index contributed by atoms with van der Waals surface area (Å²) in [5.74, 6) is -3.39. The van der Waals surface area contributed by atoms with Gasteiger partial charge in [0.15, 0.2) is 0 Å². The third-order valence-electron chi connectivity index (χ3n) is 14.7. The number of nitrogens with zero attached hydrogens (tertiary/aromatic N) is 5. The normalized spacial score (nSPS) is 15.3. The van der Waals surface area contributed by atoms with E-state index in [2.05, 4.69) is 20.6 Å². The fraction of sp³-hybridized carbons (Fsp3) is 0.393. The van der Waals surface area contributed by atoms with Crippen molar-refractivity contribution in [2.24, 2.45) is 11.8 Å². The second kappa shape index (κ2) is 24.2. The first kappa shape index (κ1) is 55.9. The lowest BCUT2D eigenvalue weighted by Gasteiger charge is -2.38. The molecule has 0 bridgehead atoms. The third kappa shape index (κ3) is 13.2. The molecular weight excluding hydrogens is 959 g/mol. The second-order valence-electron chi connectivity index (χ2n) is 21.5. The molecule has 0 radical (unpaired) electrons. The summed E-state index contributed by atoms with van der Waals surface area (Å²) >= 11 is 0. The Morgan fingerprint density at radius 3 is 1.78 bits per heavy atom. The zero-order valence-corrected chi connectivity index (χ0v) is 45.3. The first-order valence-corrected chi connectivity index (χ1v) is 26.2. The highest BCUT2D eigenvalue weighted by Gasteiger charge is 2.38. The molecule has 0 spiro atoms. The van der Waals surface area contributed by atoms with Crippen LogP contribution in [0.1, 0.15) is 140 Å². The number of carboxylic acid groups (broad SMARTS) is 2. The van der Waals surface area contributed by atoms with Gasteiger partial charge in [0, 0.05) is 79.0 Å². The Hall–Kier alpha value is -7.81. The minimum Gasteiger partial charge on any atom is -0.481 e. The molecular formula is C61H71N7O8. The van der Waals surface area contributed by atoms with E-state index < -0.39 is 54.3 Å². The van der Waals surface area contributed by atoms with Crippen molar-refractivity contribution >= 4 is 29.7 Å². The number of carboxylic acids is 2. The molecule has 15 heteroatoms. The van der Waals surface area contributed by atoms with Crippen molar-refractivity contribution < 1.29 is 34.2 Å². The Morgan fingerprint density at radius 1 is 0.645 bits per heavy atom. The van der Waals surface area contributed by atoms with Gasteiger partial charge in [-0.05, 0) is 164 Å². The van der Waals surface area contributed by atoms with E-state index in [1.807, 2.05) is 124 Å². The smallest absolute Gasteiger partial charge is 0.305 e. The number of hydrogen-bond donors (Lipinski definition) is 4. The molecule has 1 fully saturated rings. The van der Waals surface area contributed by atoms with E-state index in [1.165, 1.54) is 10.6 Å². The molecule has 1 aliphatic heterocycles. The van der Waals surface area contributed by atoms with Crippen LogP contribution in [0.5, 0.6) is 0 Å². The minimum atomic E-state index is -1.11. The molecule has 5 heterocycles. The summed E-state index contributed by atoms with van der Waals surface area (Å²) in [4.78, 5) is 96.0. The van der Waals surface area contributed by atoms with Crippen molar-refractivity contribution in [2.45, 2.75) is 138 Å². The summed E-state index contributed by atoms with van der Waals surface area (Å²) in [7, 11) is 0. The van der Waals surface area contributed by atoms with Crippen molar-refractivity contribution in [1.82, 2.24) is 35.1 Å². The number of carbonyl (C=O) groups excluding carboxylic acids is 3. The van der Waals surface area contributed by atoms with Crippen LogP contribution in [0.15, 0.2) is 103 Å². The molecule has 7 rings (SSSR count). The van der Waals surface area contributed by atoms with Crippen LogP contribution in [0.3, 0.4) is 0 Å². The first-order valence-electron chi connectivity index (χ1n) is 26.2. The van der Waals surface area contributed by atoms with Crippen LogP contribution >= 0.6 is 0 Å². The van der Waals surface area contributed by atoms with E-state index in [0.29, 0.717) is 30.4 Å². The lowest BCUT2D eigenvalue weighted by atomic mass is 9.87. The Labute approximate surface area is 445 Å². The summed E-state index contributed by atoms with van der Waals surface area (Å²) in [5.41, 5.74) is 12.4. The first-order chi connectivity index (χ1) is 36.1. The zero-order valence-electron chi connectivity index (χ0n) is 45.3. The minimum absolute atomic E-state index is 0.0246. The number of carbonyl (C=O) groups is 5. The molecule has 2 aromatic carbocycles. The highest BCUT2D eigenvalue weighted by atomic mass is 16.4. The van der Waals surface area contributed by atoms with Gasteiger partial charge < -0.3 is 30.3 Å². The molecule has 0 aliphatic carbocycles. The van der Waals surface area contributed by atoms with Crippen LogP contribution in [-0.4, -0.2) is 76.9 Å². The Bertz CT molecular complexity index is 3200. The maximum Gasteiger partial charge on any atom is 0.305 e. The van der Waals surface area contributed by atoms with E-state index in [4.69, 9.17) is 4.98 Å². The predicted octanol–water partition coefficient (Wildman–Crippen LogP) is 10.3. The van der Waals surface area contributed by atoms with Gasteiger partial charge in [-0.1, -0.05) is 58.0 Å². The molecule has 4 aromatic heterocycles. The standard InChI is InChI=1S/C61H71N7O8/c1-34(2)20-52(67-32-40(9)39(8)22-55(67)70)60(75)65-51(27-57(73)74)45-24-47(31-63-29-45)59-38(7)14-16-48(41(59)10)42-18-19-64-49(25-42)43-15-17-54(69)68(33-43)53(21-35(3)4)61(76)66-50(26-56(71)72)44-23-46(30-62-28-44)58-36(5)12-11-13-37(58)6/h11-14,16,18-19,22-25,28-32,34-35,43,50-53H,15,17,20-21,26-27,33H2,1-10H3,(H,65,75)(H,66,76)(H,71,72)(H,73,74)/t43?,50-,51+,52-,53-/m0/s1. The number of amides is 3. The zero-order chi connectivity index (χ0) is 55.1. The van der Waals surface area contributed by atoms with Gasteiger partial charge in [-0.3, -0.25) is 43.7 Å². The molecule has 5 atom stereocenters. The average molecular weight is 1030 g/mol. The Balaban J connectivity index is 1.15. The molecule has 4 N–H and O–H groups in total. The van der Waals surface area contributed by atoms with Crippen molar-refractivity contribution in [1.29, 1.82) is 0 Å². The molecule has 1 saturated heterocycles. The molecule has 1 aliphatic rings. The summed E-state index contributed by atoms with van der Waals surface area (Å²) in [5, 5.41) is 26.2. The van der Waals surface area contributed by atoms with E-state index >= 15 is 0 Å². The average Bonchev–Trinajstić information content (AvgIpc) is 3.36. The topological polar surface area (TPSA) is 214 Å². The lowest BCUT2D eigenvalue weighted by Crippen LogP contribution is -2.53. The maximum atomic E-state index is 14.6. The third-order valence-corrected chi connectivity index (χ3v) is 14.7. The van der Waals surface area contributed by atoms with Gasteiger partial charge in [0.25, 0.3) is 5.56 Å². The highest BCUT2D eigenvalue weighted by Crippen LogP contribution is 2.38. The number of benzene rings is 2. The number of aryl methyl sites for hydroxylation is 5. The fourth-order valence-electron chi connectivity index (χ4n) is 10.7. The van der Waals surface area contributed by atoms with Crippen LogP contribution < -0.4 is 16.2 Å². The maximum absolute atomic E-state index is 14.6. The number of pyridine rings is 4. The molecule has 0 saturated carbocycles. The molecule has 1 unspecified atom stereocenters. The summed E-state index contributed by atoms with van der Waals surface area (Å²) in [6, 6.07) is 15.7. The van der Waals surface area contributed by atoms with Gasteiger partial charge >= 0.3 is 11.9 Å². The number of hydrogen-bond acceptors (Lipinski definition) is 9. The summed E-state index contributed by atoms with van der Waals surface area (Å²) in [6.45, 7) is 19.9. The van der Waals surface area contributed by atoms with Crippen LogP contribution in [0, 0.1) is 53.4 Å². The van der Waals surface area contributed by atoms with E-state index in [1.54, 1.807) is 42.1 Å². The number of aliphatic carboxylic acids is 2. The second-order valence-corrected chi connectivity index (χ2v) is 21.5. The van der Waals surface area contributed by atoms with Gasteiger partial charge in [0.2, 0.25) is 17.7 Å². The number of nitrogens with one attached hydrogen (secondary N) is 2. The predicted molar refractivity (Wildman–Crippen MR) is 293 cm³/mol. The summed E-state index contributed by atoms with van der Waals surface area (Å²) in [6.07, 6.45) is 10.7. The lowest BCUT2D eigenvalue weighted by molar-refractivity contribution is -0.144. The van der Waals surface area contributed by atoms with Gasteiger partial charge in [-0.25, -0.2) is 0 Å². The molecule has 76 heavy (non-hydrogen) atoms. The number of aromatic nitrogens is 4. The van der Waals surface area contributed by atoms with Gasteiger partial charge in [0.1, 0.15) is 12.1 Å². The van der Waals surface area contributed by atoms with Crippen molar-refractivity contribution in [3.8, 4) is 33.4 Å². The number of rotatable bonds is 20. The number of likely N-dealkylation sites (tertiary alicyclic amines) is 1. The number of piperidine rings is 1. The largest absolute Gasteiger partial charge is 0.481 e. The SMILES string of the molecule is Cc1cc(=O)n([C@@H](CC(C)C)C(=O)N[C@H](CC(=O)O)c2cncc(-c3c(C)ccc(-c4ccnc(C5CCC(=O)N([C@@H](CC(C)C)C(=O)N[C@@H](CC(=O)O)c6cncc(-c7c(C)cccc7C)c6)C5)c4)c3C)c2)cc1C. The Kier molecular flexibility index (Phi) is 17.8. The van der Waals surface area contributed by atoms with Crippen LogP contribution in [0.4, 0.5) is 0 Å². The van der Waals surface area contributed by atoms with E-state index in [9.17, 15) is 39.0 Å². The van der Waals surface area contributed by atoms with Gasteiger partial charge in [-0.2, -0.15) is 0 Å². The Morgan fingerprint density at radius 2 is 1.20 bits per heavy atom. The highest BCUT2D eigenvalue weighted by molar-refractivity contribution is 5.89. The van der Waals surface area contributed by atoms with Crippen LogP contribution in [0.2, 0.25) is 0 Å². The van der Waals surface area contributed by atoms with Crippen LogP contribution in [-0.2, 0) is 24.0 Å². The molecule has 15 nitrogen and oxygen atoms in total. The van der Waals surface area contributed by atoms with Gasteiger partial charge in [-0.15, -0.1) is 0 Å². The van der Waals surface area contributed by atoms with E-state index in [-0.39, 0.29) is 48.6 Å². The van der Waals surface area contributed by atoms with Crippen molar-refractivity contribution in [3.63, 3.8) is 0 Å². The summed E-state index contributed by atoms with van der Waals surface area (Å²) < 4.78 is 1.44. The fourth-order valence-corrected chi connectivity index (χ4v) is 10.7. The van der Waals surface area contributed by atoms with Gasteiger partial charge in [0.05, 0.1) is 24.9 Å². The quantitative estimate of drug-likeness (QED) is 0.0565. The van der Waals surface area contributed by atoms with Crippen molar-refractivity contribution in [2.75, 3.05) is 6.54 Å². The molecule has 3 amide bonds.